The van der Waals surface area contributed by atoms with Gasteiger partial charge < -0.3 is 4.90 Å². The molecular formula is C23H16F3N5O. The number of aromatic nitrogens is 3. The van der Waals surface area contributed by atoms with Crippen LogP contribution in [0.15, 0.2) is 61.1 Å². The number of halogens is 3. The maximum Gasteiger partial charge on any atom is 0.416 e. The quantitative estimate of drug-likeness (QED) is 0.460. The van der Waals surface area contributed by atoms with Crippen LogP contribution in [-0.2, 0) is 6.18 Å². The average molecular weight is 435 g/mol. The Morgan fingerprint density at radius 2 is 1.81 bits per heavy atom. The fourth-order valence-electron chi connectivity index (χ4n) is 3.37. The SMILES string of the molecule is Cc1cc(C(F)(F)F)ccc1-c1cnc2cnc(C(=O)N(C)c3ccc(C#N)cc3)cn12. The zero-order valence-electron chi connectivity index (χ0n) is 17.1. The first-order valence-corrected chi connectivity index (χ1v) is 9.48. The van der Waals surface area contributed by atoms with Crippen LogP contribution in [0, 0.1) is 18.3 Å². The molecule has 2 aromatic carbocycles. The summed E-state index contributed by atoms with van der Waals surface area (Å²) in [5, 5.41) is 8.92. The summed E-state index contributed by atoms with van der Waals surface area (Å²) in [5.41, 5.74) is 2.46. The number of imidazole rings is 1. The van der Waals surface area contributed by atoms with Crippen molar-refractivity contribution in [1.29, 1.82) is 5.26 Å². The summed E-state index contributed by atoms with van der Waals surface area (Å²) in [6.07, 6.45) is 0.0491. The molecule has 0 bridgehead atoms. The Bertz CT molecular complexity index is 1370. The normalized spacial score (nSPS) is 11.4. The molecule has 0 unspecified atom stereocenters. The second-order valence-corrected chi connectivity index (χ2v) is 7.19. The number of nitriles is 1. The van der Waals surface area contributed by atoms with E-state index >= 15 is 0 Å². The minimum Gasteiger partial charge on any atom is -0.310 e. The van der Waals surface area contributed by atoms with Gasteiger partial charge in [-0.25, -0.2) is 9.97 Å². The van der Waals surface area contributed by atoms with Crippen LogP contribution in [0.3, 0.4) is 0 Å². The number of alkyl halides is 3. The summed E-state index contributed by atoms with van der Waals surface area (Å²) in [4.78, 5) is 22.8. The van der Waals surface area contributed by atoms with Gasteiger partial charge in [-0.05, 0) is 48.9 Å². The molecule has 1 amide bonds. The van der Waals surface area contributed by atoms with Gasteiger partial charge >= 0.3 is 6.18 Å². The van der Waals surface area contributed by atoms with Crippen LogP contribution in [0.1, 0.15) is 27.2 Å². The van der Waals surface area contributed by atoms with Gasteiger partial charge in [-0.3, -0.25) is 9.20 Å². The lowest BCUT2D eigenvalue weighted by molar-refractivity contribution is -0.137. The Hall–Kier alpha value is -4.19. The van der Waals surface area contributed by atoms with Crippen molar-refractivity contribution < 1.29 is 18.0 Å². The second kappa shape index (κ2) is 7.81. The van der Waals surface area contributed by atoms with E-state index in [1.165, 1.54) is 29.6 Å². The maximum absolute atomic E-state index is 13.0. The predicted octanol–water partition coefficient (Wildman–Crippen LogP) is 4.87. The van der Waals surface area contributed by atoms with Crippen molar-refractivity contribution >= 4 is 17.2 Å². The van der Waals surface area contributed by atoms with E-state index in [0.29, 0.717) is 33.7 Å². The lowest BCUT2D eigenvalue weighted by Gasteiger charge is -2.17. The lowest BCUT2D eigenvalue weighted by Crippen LogP contribution is -2.27. The number of hydrogen-bond acceptors (Lipinski definition) is 4. The maximum atomic E-state index is 13.0. The number of amides is 1. The van der Waals surface area contributed by atoms with Crippen LogP contribution >= 0.6 is 0 Å². The molecule has 0 fully saturated rings. The summed E-state index contributed by atoms with van der Waals surface area (Å²) >= 11 is 0. The van der Waals surface area contributed by atoms with Gasteiger partial charge in [0.25, 0.3) is 5.91 Å². The second-order valence-electron chi connectivity index (χ2n) is 7.19. The molecule has 0 N–H and O–H groups in total. The highest BCUT2D eigenvalue weighted by Gasteiger charge is 2.30. The van der Waals surface area contributed by atoms with Gasteiger partial charge in [0.05, 0.1) is 35.3 Å². The van der Waals surface area contributed by atoms with Gasteiger partial charge in [0.15, 0.2) is 5.65 Å². The molecular weight excluding hydrogens is 419 g/mol. The Kier molecular flexibility index (Phi) is 5.14. The highest BCUT2D eigenvalue weighted by molar-refractivity contribution is 6.04. The van der Waals surface area contributed by atoms with E-state index in [2.05, 4.69) is 9.97 Å². The molecule has 0 spiro atoms. The van der Waals surface area contributed by atoms with Gasteiger partial charge in [0, 0.05) is 24.5 Å². The number of carbonyl (C=O) groups is 1. The van der Waals surface area contributed by atoms with Gasteiger partial charge in [0.2, 0.25) is 0 Å². The minimum absolute atomic E-state index is 0.133. The molecule has 4 rings (SSSR count). The number of nitrogens with zero attached hydrogens (tertiary/aromatic N) is 5. The van der Waals surface area contributed by atoms with Crippen molar-refractivity contribution in [2.24, 2.45) is 0 Å². The highest BCUT2D eigenvalue weighted by atomic mass is 19.4. The molecule has 0 saturated carbocycles. The molecule has 32 heavy (non-hydrogen) atoms. The highest BCUT2D eigenvalue weighted by Crippen LogP contribution is 2.33. The van der Waals surface area contributed by atoms with Crippen LogP contribution < -0.4 is 4.90 Å². The molecule has 9 heteroatoms. The van der Waals surface area contributed by atoms with Crippen LogP contribution in [0.4, 0.5) is 18.9 Å². The van der Waals surface area contributed by atoms with Crippen LogP contribution in [0.5, 0.6) is 0 Å². The van der Waals surface area contributed by atoms with E-state index in [0.717, 1.165) is 12.1 Å². The summed E-state index contributed by atoms with van der Waals surface area (Å²) in [5.74, 6) is -0.389. The summed E-state index contributed by atoms with van der Waals surface area (Å²) in [6.45, 7) is 1.59. The molecule has 0 aliphatic carbocycles. The number of hydrogen-bond donors (Lipinski definition) is 0. The van der Waals surface area contributed by atoms with Gasteiger partial charge in [0.1, 0.15) is 5.69 Å². The molecule has 4 aromatic rings. The largest absolute Gasteiger partial charge is 0.416 e. The molecule has 6 nitrogen and oxygen atoms in total. The molecule has 0 aliphatic rings. The van der Waals surface area contributed by atoms with E-state index in [1.807, 2.05) is 6.07 Å². The third-order valence-corrected chi connectivity index (χ3v) is 5.13. The molecule has 160 valence electrons. The molecule has 0 radical (unpaired) electrons. The van der Waals surface area contributed by atoms with E-state index in [1.54, 1.807) is 42.6 Å². The molecule has 2 aromatic heterocycles. The first-order chi connectivity index (χ1) is 15.2. The Morgan fingerprint density at radius 3 is 2.44 bits per heavy atom. The average Bonchev–Trinajstić information content (AvgIpc) is 3.20. The van der Waals surface area contributed by atoms with Crippen LogP contribution in [-0.4, -0.2) is 27.3 Å². The van der Waals surface area contributed by atoms with E-state index < -0.39 is 11.7 Å². The van der Waals surface area contributed by atoms with Crippen molar-refractivity contribution in [2.75, 3.05) is 11.9 Å². The molecule has 0 saturated heterocycles. The topological polar surface area (TPSA) is 74.3 Å². The van der Waals surface area contributed by atoms with Crippen molar-refractivity contribution in [3.05, 3.63) is 83.4 Å². The number of anilines is 1. The fraction of sp³-hybridized carbons (Fsp3) is 0.130. The molecule has 2 heterocycles. The Morgan fingerprint density at radius 1 is 1.09 bits per heavy atom. The van der Waals surface area contributed by atoms with E-state index in [-0.39, 0.29) is 11.6 Å². The predicted molar refractivity (Wildman–Crippen MR) is 112 cm³/mol. The van der Waals surface area contributed by atoms with Crippen molar-refractivity contribution in [3.63, 3.8) is 0 Å². The smallest absolute Gasteiger partial charge is 0.310 e. The Labute approximate surface area is 181 Å². The van der Waals surface area contributed by atoms with Crippen molar-refractivity contribution in [1.82, 2.24) is 14.4 Å². The zero-order chi connectivity index (χ0) is 23.0. The lowest BCUT2D eigenvalue weighted by atomic mass is 10.0. The van der Waals surface area contributed by atoms with Crippen LogP contribution in [0.25, 0.3) is 16.9 Å². The van der Waals surface area contributed by atoms with Gasteiger partial charge in [-0.15, -0.1) is 0 Å². The summed E-state index contributed by atoms with van der Waals surface area (Å²) in [6, 6.07) is 12.0. The van der Waals surface area contributed by atoms with E-state index in [9.17, 15) is 18.0 Å². The number of aryl methyl sites for hydroxylation is 1. The van der Waals surface area contributed by atoms with Gasteiger partial charge in [-0.2, -0.15) is 18.4 Å². The first-order valence-electron chi connectivity index (χ1n) is 9.48. The molecule has 0 aliphatic heterocycles. The number of carbonyl (C=O) groups excluding carboxylic acids is 1. The third-order valence-electron chi connectivity index (χ3n) is 5.13. The number of rotatable bonds is 3. The molecule has 0 atom stereocenters. The first kappa shape index (κ1) is 21.1. The zero-order valence-corrected chi connectivity index (χ0v) is 17.1. The van der Waals surface area contributed by atoms with Crippen molar-refractivity contribution in [2.45, 2.75) is 13.1 Å². The fourth-order valence-corrected chi connectivity index (χ4v) is 3.37. The minimum atomic E-state index is -4.43. The van der Waals surface area contributed by atoms with Crippen LogP contribution in [0.2, 0.25) is 0 Å². The summed E-state index contributed by atoms with van der Waals surface area (Å²) < 4.78 is 40.7. The van der Waals surface area contributed by atoms with Gasteiger partial charge in [-0.1, -0.05) is 6.07 Å². The number of benzene rings is 2. The summed E-state index contributed by atoms with van der Waals surface area (Å²) in [7, 11) is 1.59. The Balaban J connectivity index is 1.71. The monoisotopic (exact) mass is 435 g/mol. The third kappa shape index (κ3) is 3.78. The van der Waals surface area contributed by atoms with E-state index in [4.69, 9.17) is 5.26 Å². The van der Waals surface area contributed by atoms with Crippen molar-refractivity contribution in [3.8, 4) is 17.3 Å². The standard InChI is InChI=1S/C23H16F3N5O/c1-14-9-16(23(24,25)26)5-8-18(14)20-11-29-21-12-28-19(13-31(20)21)22(32)30(2)17-6-3-15(10-27)4-7-17/h3-9,11-13H,1-2H3. The number of fused-ring (bicyclic) bond motifs is 1.